The van der Waals surface area contributed by atoms with Crippen molar-refractivity contribution >= 4 is 23.3 Å². The number of anilines is 2. The molecule has 2 aromatic carbocycles. The summed E-state index contributed by atoms with van der Waals surface area (Å²) in [6, 6.07) is 18.2. The van der Waals surface area contributed by atoms with Crippen molar-refractivity contribution in [3.63, 3.8) is 0 Å². The molecule has 28 heavy (non-hydrogen) atoms. The third-order valence-corrected chi connectivity index (χ3v) is 4.60. The number of carbonyl (C=O) groups is 2. The number of nitrogens with zero attached hydrogens (tertiary/aromatic N) is 2. The zero-order valence-corrected chi connectivity index (χ0v) is 15.3. The number of para-hydroxylation sites is 1. The highest BCUT2D eigenvalue weighted by Gasteiger charge is 2.38. The Balaban J connectivity index is 1.77. The fourth-order valence-corrected chi connectivity index (χ4v) is 3.36. The molecular weight excluding hydrogens is 354 g/mol. The van der Waals surface area contributed by atoms with Crippen LogP contribution in [-0.2, 0) is 4.74 Å². The molecule has 1 aliphatic heterocycles. The van der Waals surface area contributed by atoms with Crippen molar-refractivity contribution in [2.75, 3.05) is 16.8 Å². The molecule has 0 fully saturated rings. The molecule has 1 unspecified atom stereocenters. The Morgan fingerprint density at radius 1 is 1.11 bits per heavy atom. The van der Waals surface area contributed by atoms with E-state index in [2.05, 4.69) is 10.3 Å². The van der Waals surface area contributed by atoms with Gasteiger partial charge in [-0.1, -0.05) is 30.3 Å². The van der Waals surface area contributed by atoms with Crippen LogP contribution in [0.5, 0.6) is 0 Å². The van der Waals surface area contributed by atoms with E-state index in [1.807, 2.05) is 30.3 Å². The zero-order chi connectivity index (χ0) is 19.5. The van der Waals surface area contributed by atoms with E-state index in [1.165, 1.54) is 0 Å². The first kappa shape index (κ1) is 17.7. The van der Waals surface area contributed by atoms with Gasteiger partial charge in [0.1, 0.15) is 6.17 Å². The lowest BCUT2D eigenvalue weighted by Crippen LogP contribution is -2.32. The second kappa shape index (κ2) is 7.52. The minimum absolute atomic E-state index is 0.116. The third-order valence-electron chi connectivity index (χ3n) is 4.60. The van der Waals surface area contributed by atoms with Crippen molar-refractivity contribution < 1.29 is 14.3 Å². The summed E-state index contributed by atoms with van der Waals surface area (Å²) in [4.78, 5) is 31.2. The maximum Gasteiger partial charge on any atom is 0.340 e. The van der Waals surface area contributed by atoms with Crippen molar-refractivity contribution in [3.05, 3.63) is 89.7 Å². The summed E-state index contributed by atoms with van der Waals surface area (Å²) in [5.41, 5.74) is 3.17. The van der Waals surface area contributed by atoms with E-state index in [4.69, 9.17) is 4.74 Å². The summed E-state index contributed by atoms with van der Waals surface area (Å²) >= 11 is 0. The summed E-state index contributed by atoms with van der Waals surface area (Å²) in [7, 11) is 0. The van der Waals surface area contributed by atoms with Crippen LogP contribution in [0.4, 0.5) is 11.4 Å². The molecule has 0 saturated heterocycles. The van der Waals surface area contributed by atoms with Gasteiger partial charge in [-0.3, -0.25) is 14.7 Å². The van der Waals surface area contributed by atoms with Gasteiger partial charge in [0.25, 0.3) is 5.91 Å². The van der Waals surface area contributed by atoms with Crippen LogP contribution in [0.3, 0.4) is 0 Å². The fourth-order valence-electron chi connectivity index (χ4n) is 3.36. The van der Waals surface area contributed by atoms with Gasteiger partial charge in [0.2, 0.25) is 0 Å². The minimum atomic E-state index is -0.469. The number of esters is 1. The number of nitrogens with one attached hydrogen (secondary N) is 1. The largest absolute Gasteiger partial charge is 0.462 e. The van der Waals surface area contributed by atoms with Crippen molar-refractivity contribution in [2.45, 2.75) is 13.1 Å². The molecule has 6 heteroatoms. The van der Waals surface area contributed by atoms with E-state index in [9.17, 15) is 9.59 Å². The predicted octanol–water partition coefficient (Wildman–Crippen LogP) is 4.03. The molecule has 1 aliphatic rings. The first-order chi connectivity index (χ1) is 13.7. The number of hydrogen-bond acceptors (Lipinski definition) is 5. The number of carbonyl (C=O) groups excluding carboxylic acids is 2. The van der Waals surface area contributed by atoms with Gasteiger partial charge in [0.05, 0.1) is 29.7 Å². The summed E-state index contributed by atoms with van der Waals surface area (Å²) in [6.45, 7) is 2.06. The molecule has 4 rings (SSSR count). The zero-order valence-electron chi connectivity index (χ0n) is 15.3. The fraction of sp³-hybridized carbons (Fsp3) is 0.136. The van der Waals surface area contributed by atoms with Gasteiger partial charge in [0.15, 0.2) is 0 Å². The second-order valence-corrected chi connectivity index (χ2v) is 6.29. The summed E-state index contributed by atoms with van der Waals surface area (Å²) in [6.07, 6.45) is 2.84. The minimum Gasteiger partial charge on any atom is -0.462 e. The Bertz CT molecular complexity index is 1020. The highest BCUT2D eigenvalue weighted by atomic mass is 16.5. The van der Waals surface area contributed by atoms with Crippen molar-refractivity contribution in [3.8, 4) is 0 Å². The lowest BCUT2D eigenvalue weighted by Gasteiger charge is -2.27. The molecule has 6 nitrogen and oxygen atoms in total. The van der Waals surface area contributed by atoms with E-state index < -0.39 is 12.1 Å². The smallest absolute Gasteiger partial charge is 0.340 e. The van der Waals surface area contributed by atoms with Gasteiger partial charge in [0, 0.05) is 17.3 Å². The third kappa shape index (κ3) is 3.09. The Morgan fingerprint density at radius 3 is 2.68 bits per heavy atom. The van der Waals surface area contributed by atoms with Crippen LogP contribution in [-0.4, -0.2) is 23.5 Å². The van der Waals surface area contributed by atoms with Crippen LogP contribution in [0, 0.1) is 0 Å². The average Bonchev–Trinajstić information content (AvgIpc) is 3.01. The molecule has 0 radical (unpaired) electrons. The maximum atomic E-state index is 13.1. The van der Waals surface area contributed by atoms with Crippen molar-refractivity contribution in [2.24, 2.45) is 0 Å². The topological polar surface area (TPSA) is 71.5 Å². The molecule has 0 aliphatic carbocycles. The second-order valence-electron chi connectivity index (χ2n) is 6.29. The highest BCUT2D eigenvalue weighted by Crippen LogP contribution is 2.38. The molecule has 3 aromatic rings. The standard InChI is InChI=1S/C22H19N3O3/c1-2-28-22(27)18-11-5-6-12-19(18)24-20-16-9-3-4-10-17(16)21(26)25(20)15-8-7-13-23-14-15/h3-14,20,24H,2H2,1H3. The Labute approximate surface area is 162 Å². The Hall–Kier alpha value is -3.67. The quantitative estimate of drug-likeness (QED) is 0.684. The number of benzene rings is 2. The van der Waals surface area contributed by atoms with Crippen LogP contribution >= 0.6 is 0 Å². The predicted molar refractivity (Wildman–Crippen MR) is 106 cm³/mol. The molecule has 1 aromatic heterocycles. The number of hydrogen-bond donors (Lipinski definition) is 1. The summed E-state index contributed by atoms with van der Waals surface area (Å²) in [5, 5.41) is 3.36. The molecule has 1 N–H and O–H groups in total. The lowest BCUT2D eigenvalue weighted by atomic mass is 10.1. The number of rotatable bonds is 5. The van der Waals surface area contributed by atoms with E-state index in [0.29, 0.717) is 29.1 Å². The van der Waals surface area contributed by atoms with Gasteiger partial charge in [-0.2, -0.15) is 0 Å². The van der Waals surface area contributed by atoms with E-state index in [0.717, 1.165) is 5.56 Å². The van der Waals surface area contributed by atoms with Crippen molar-refractivity contribution in [1.29, 1.82) is 0 Å². The van der Waals surface area contributed by atoms with E-state index >= 15 is 0 Å². The number of fused-ring (bicyclic) bond motifs is 1. The Kier molecular flexibility index (Phi) is 4.76. The molecular formula is C22H19N3O3. The van der Waals surface area contributed by atoms with Crippen LogP contribution in [0.15, 0.2) is 73.1 Å². The van der Waals surface area contributed by atoms with Gasteiger partial charge in [-0.05, 0) is 37.3 Å². The maximum absolute atomic E-state index is 13.1. The Morgan fingerprint density at radius 2 is 1.89 bits per heavy atom. The summed E-state index contributed by atoms with van der Waals surface area (Å²) in [5.74, 6) is -0.522. The SMILES string of the molecule is CCOC(=O)c1ccccc1NC1c2ccccc2C(=O)N1c1cccnc1. The van der Waals surface area contributed by atoms with Crippen LogP contribution in [0.2, 0.25) is 0 Å². The van der Waals surface area contributed by atoms with Gasteiger partial charge in [-0.25, -0.2) is 4.79 Å². The molecule has 0 spiro atoms. The normalized spacial score (nSPS) is 15.2. The lowest BCUT2D eigenvalue weighted by molar-refractivity contribution is 0.0527. The summed E-state index contributed by atoms with van der Waals surface area (Å²) < 4.78 is 5.17. The molecule has 0 saturated carbocycles. The molecule has 2 heterocycles. The van der Waals surface area contributed by atoms with Gasteiger partial charge < -0.3 is 10.1 Å². The van der Waals surface area contributed by atoms with Crippen LogP contribution < -0.4 is 10.2 Å². The van der Waals surface area contributed by atoms with Crippen molar-refractivity contribution in [1.82, 2.24) is 4.98 Å². The highest BCUT2D eigenvalue weighted by molar-refractivity contribution is 6.11. The number of amides is 1. The number of aromatic nitrogens is 1. The number of ether oxygens (including phenoxy) is 1. The molecule has 140 valence electrons. The molecule has 1 amide bonds. The van der Waals surface area contributed by atoms with Crippen LogP contribution in [0.1, 0.15) is 39.4 Å². The average molecular weight is 373 g/mol. The van der Waals surface area contributed by atoms with E-state index in [-0.39, 0.29) is 5.91 Å². The first-order valence-corrected chi connectivity index (χ1v) is 9.06. The first-order valence-electron chi connectivity index (χ1n) is 9.06. The van der Waals surface area contributed by atoms with Crippen LogP contribution in [0.25, 0.3) is 0 Å². The molecule has 0 bridgehead atoms. The van der Waals surface area contributed by atoms with E-state index in [1.54, 1.807) is 54.5 Å². The monoisotopic (exact) mass is 373 g/mol. The number of pyridine rings is 1. The molecule has 1 atom stereocenters. The van der Waals surface area contributed by atoms with Gasteiger partial charge in [-0.15, -0.1) is 0 Å². The van der Waals surface area contributed by atoms with Gasteiger partial charge >= 0.3 is 5.97 Å².